The molecule has 1 aromatic heterocycles. The van der Waals surface area contributed by atoms with E-state index in [1.165, 1.54) is 11.1 Å². The lowest BCUT2D eigenvalue weighted by molar-refractivity contribution is -0.133. The second kappa shape index (κ2) is 8.61. The number of para-hydroxylation sites is 2. The van der Waals surface area contributed by atoms with E-state index < -0.39 is 0 Å². The Morgan fingerprint density at radius 2 is 1.53 bits per heavy atom. The van der Waals surface area contributed by atoms with E-state index in [0.717, 1.165) is 49.4 Å². The van der Waals surface area contributed by atoms with Gasteiger partial charge in [0.15, 0.2) is 5.43 Å². The minimum atomic E-state index is 0.0154. The summed E-state index contributed by atoms with van der Waals surface area (Å²) in [6.45, 7) is 5.03. The van der Waals surface area contributed by atoms with E-state index in [1.807, 2.05) is 58.0 Å². The van der Waals surface area contributed by atoms with E-state index in [0.29, 0.717) is 23.9 Å². The molecule has 0 bridgehead atoms. The first kappa shape index (κ1) is 20.9. The van der Waals surface area contributed by atoms with Crippen molar-refractivity contribution in [2.24, 2.45) is 0 Å². The molecule has 6 nitrogen and oxygen atoms in total. The summed E-state index contributed by atoms with van der Waals surface area (Å²) in [5.41, 5.74) is 4.22. The van der Waals surface area contributed by atoms with E-state index in [9.17, 15) is 9.59 Å². The van der Waals surface area contributed by atoms with Gasteiger partial charge in [0.1, 0.15) is 12.3 Å². The van der Waals surface area contributed by atoms with Gasteiger partial charge < -0.3 is 14.2 Å². The van der Waals surface area contributed by atoms with Crippen LogP contribution in [0.1, 0.15) is 11.1 Å². The van der Waals surface area contributed by atoms with Crippen LogP contribution < -0.4 is 10.2 Å². The van der Waals surface area contributed by atoms with Crippen molar-refractivity contribution >= 4 is 27.7 Å². The second-order valence-corrected chi connectivity index (χ2v) is 9.15. The maximum absolute atomic E-state index is 13.3. The van der Waals surface area contributed by atoms with E-state index in [2.05, 4.69) is 23.1 Å². The van der Waals surface area contributed by atoms with Crippen LogP contribution in [-0.2, 0) is 24.3 Å². The smallest absolute Gasteiger partial charge is 0.242 e. The van der Waals surface area contributed by atoms with Crippen molar-refractivity contribution in [1.29, 1.82) is 0 Å². The van der Waals surface area contributed by atoms with Crippen LogP contribution >= 0.6 is 0 Å². The number of nitrogens with zero attached hydrogens (tertiary/aromatic N) is 3. The summed E-state index contributed by atoms with van der Waals surface area (Å²) in [6, 6.07) is 21.6. The van der Waals surface area contributed by atoms with Crippen molar-refractivity contribution in [2.75, 3.05) is 32.8 Å². The number of amides is 1. The topological polar surface area (TPSA) is 54.8 Å². The van der Waals surface area contributed by atoms with Crippen LogP contribution in [0.5, 0.6) is 5.75 Å². The molecule has 1 saturated heterocycles. The molecule has 3 aromatic carbocycles. The number of pyridine rings is 1. The standard InChI is InChI=1S/C28H27N3O3/c32-27(19-31-24-7-3-1-5-22(24)28(33)23-6-2-4-8-25(23)31)30-14-12-29(13-15-30)18-20-9-10-26-21(17-20)11-16-34-26/h1-10,17H,11-16,18-19H2. The number of rotatable bonds is 4. The fourth-order valence-corrected chi connectivity index (χ4v) is 5.23. The lowest BCUT2D eigenvalue weighted by Crippen LogP contribution is -2.49. The van der Waals surface area contributed by atoms with Crippen LogP contribution in [0.2, 0.25) is 0 Å². The zero-order valence-corrected chi connectivity index (χ0v) is 19.1. The normalized spacial score (nSPS) is 16.1. The highest BCUT2D eigenvalue weighted by atomic mass is 16.5. The second-order valence-electron chi connectivity index (χ2n) is 9.15. The molecule has 3 heterocycles. The molecule has 0 atom stereocenters. The summed E-state index contributed by atoms with van der Waals surface area (Å²) in [5.74, 6) is 1.11. The van der Waals surface area contributed by atoms with E-state index in [1.54, 1.807) is 0 Å². The van der Waals surface area contributed by atoms with E-state index >= 15 is 0 Å². The zero-order valence-electron chi connectivity index (χ0n) is 19.1. The number of piperazine rings is 1. The van der Waals surface area contributed by atoms with Crippen LogP contribution in [0.15, 0.2) is 71.5 Å². The maximum atomic E-state index is 13.3. The lowest BCUT2D eigenvalue weighted by Gasteiger charge is -2.35. The molecule has 1 fully saturated rings. The molecule has 34 heavy (non-hydrogen) atoms. The average Bonchev–Trinajstić information content (AvgIpc) is 3.35. The van der Waals surface area contributed by atoms with Crippen LogP contribution in [-0.4, -0.2) is 53.1 Å². The molecular weight excluding hydrogens is 426 g/mol. The summed E-state index contributed by atoms with van der Waals surface area (Å²) in [7, 11) is 0. The molecule has 6 rings (SSSR count). The van der Waals surface area contributed by atoms with Gasteiger partial charge in [-0.1, -0.05) is 36.4 Å². The van der Waals surface area contributed by atoms with Gasteiger partial charge in [-0.05, 0) is 41.5 Å². The third kappa shape index (κ3) is 3.74. The van der Waals surface area contributed by atoms with Crippen LogP contribution in [0, 0.1) is 0 Å². The van der Waals surface area contributed by atoms with Gasteiger partial charge in [-0.2, -0.15) is 0 Å². The number of fused-ring (bicyclic) bond motifs is 3. The summed E-state index contributed by atoms with van der Waals surface area (Å²) >= 11 is 0. The summed E-state index contributed by atoms with van der Waals surface area (Å²) in [5, 5.41) is 1.30. The Morgan fingerprint density at radius 1 is 0.853 bits per heavy atom. The number of carbonyl (C=O) groups is 1. The fourth-order valence-electron chi connectivity index (χ4n) is 5.23. The van der Waals surface area contributed by atoms with Gasteiger partial charge in [0.05, 0.1) is 17.6 Å². The van der Waals surface area contributed by atoms with Crippen molar-refractivity contribution in [1.82, 2.24) is 14.4 Å². The number of hydrogen-bond donors (Lipinski definition) is 0. The van der Waals surface area contributed by atoms with Crippen molar-refractivity contribution in [3.63, 3.8) is 0 Å². The quantitative estimate of drug-likeness (QED) is 0.445. The van der Waals surface area contributed by atoms with E-state index in [-0.39, 0.29) is 17.9 Å². The molecule has 0 aliphatic carbocycles. The van der Waals surface area contributed by atoms with Gasteiger partial charge in [-0.15, -0.1) is 0 Å². The van der Waals surface area contributed by atoms with Crippen LogP contribution in [0.25, 0.3) is 21.8 Å². The molecule has 172 valence electrons. The van der Waals surface area contributed by atoms with Gasteiger partial charge in [-0.25, -0.2) is 0 Å². The Kier molecular flexibility index (Phi) is 5.30. The van der Waals surface area contributed by atoms with Crippen molar-refractivity contribution < 1.29 is 9.53 Å². The van der Waals surface area contributed by atoms with Gasteiger partial charge >= 0.3 is 0 Å². The Morgan fingerprint density at radius 3 is 2.24 bits per heavy atom. The number of hydrogen-bond acceptors (Lipinski definition) is 4. The molecule has 4 aromatic rings. The molecule has 2 aliphatic rings. The maximum Gasteiger partial charge on any atom is 0.242 e. The summed E-state index contributed by atoms with van der Waals surface area (Å²) < 4.78 is 7.61. The van der Waals surface area contributed by atoms with Gasteiger partial charge in [0.25, 0.3) is 0 Å². The third-order valence-electron chi connectivity index (χ3n) is 7.06. The molecule has 0 saturated carbocycles. The Hall–Kier alpha value is -3.64. The Balaban J connectivity index is 1.18. The molecule has 2 aliphatic heterocycles. The third-order valence-corrected chi connectivity index (χ3v) is 7.06. The van der Waals surface area contributed by atoms with Gasteiger partial charge in [-0.3, -0.25) is 14.5 Å². The molecule has 0 radical (unpaired) electrons. The molecule has 0 N–H and O–H groups in total. The minimum absolute atomic E-state index is 0.0154. The highest BCUT2D eigenvalue weighted by Gasteiger charge is 2.23. The van der Waals surface area contributed by atoms with Crippen molar-refractivity contribution in [3.8, 4) is 5.75 Å². The van der Waals surface area contributed by atoms with Gasteiger partial charge in [0, 0.05) is 49.9 Å². The van der Waals surface area contributed by atoms with E-state index in [4.69, 9.17) is 4.74 Å². The number of carbonyl (C=O) groups excluding carboxylic acids is 1. The van der Waals surface area contributed by atoms with Gasteiger partial charge in [0.2, 0.25) is 5.91 Å². The molecule has 0 unspecified atom stereocenters. The molecule has 1 amide bonds. The highest BCUT2D eigenvalue weighted by Crippen LogP contribution is 2.26. The average molecular weight is 454 g/mol. The van der Waals surface area contributed by atoms with Crippen molar-refractivity contribution in [2.45, 2.75) is 19.5 Å². The minimum Gasteiger partial charge on any atom is -0.493 e. The SMILES string of the molecule is O=C(Cn1c2ccccc2c(=O)c2ccccc21)N1CCN(Cc2ccc3c(c2)CCO3)CC1. The summed E-state index contributed by atoms with van der Waals surface area (Å²) in [6.07, 6.45) is 0.986. The van der Waals surface area contributed by atoms with Crippen molar-refractivity contribution in [3.05, 3.63) is 88.1 Å². The van der Waals surface area contributed by atoms with Crippen LogP contribution in [0.4, 0.5) is 0 Å². The van der Waals surface area contributed by atoms with Crippen LogP contribution in [0.3, 0.4) is 0 Å². The molecular formula is C28H27N3O3. The predicted octanol–water partition coefficient (Wildman–Crippen LogP) is 3.43. The Labute approximate surface area is 198 Å². The first-order valence-electron chi connectivity index (χ1n) is 11.9. The monoisotopic (exact) mass is 453 g/mol. The first-order chi connectivity index (χ1) is 16.7. The Bertz CT molecular complexity index is 1390. The zero-order chi connectivity index (χ0) is 23.1. The summed E-state index contributed by atoms with van der Waals surface area (Å²) in [4.78, 5) is 30.6. The fraction of sp³-hybridized carbons (Fsp3) is 0.286. The highest BCUT2D eigenvalue weighted by molar-refractivity contribution is 5.94. The molecule has 6 heteroatoms. The largest absolute Gasteiger partial charge is 0.493 e. The lowest BCUT2D eigenvalue weighted by atomic mass is 10.1. The molecule has 0 spiro atoms. The first-order valence-corrected chi connectivity index (χ1v) is 11.9. The predicted molar refractivity (Wildman–Crippen MR) is 133 cm³/mol. The number of benzene rings is 3. The number of ether oxygens (including phenoxy) is 1. The number of aromatic nitrogens is 1.